The molecule has 3 heterocycles. The molecule has 6 nitrogen and oxygen atoms in total. The Bertz CT molecular complexity index is 425. The number of hydrogen-bond donors (Lipinski definition) is 0. The molecule has 176 valence electrons. The Balaban J connectivity index is 1.53. The molecule has 0 bridgehead atoms. The van der Waals surface area contributed by atoms with Gasteiger partial charge in [0, 0.05) is 0 Å². The lowest BCUT2D eigenvalue weighted by atomic mass is 10.0. The van der Waals surface area contributed by atoms with E-state index in [2.05, 4.69) is 20.8 Å². The SMILES string of the molecule is CCCCCC1O[C@H]([C@@H]2COC(CCCCC)O2)[C@@H]([C@H]2COC(CCCCC)O2)O1. The lowest BCUT2D eigenvalue weighted by Crippen LogP contribution is -2.44. The fourth-order valence-corrected chi connectivity index (χ4v) is 4.55. The third-order valence-electron chi connectivity index (χ3n) is 6.35. The Morgan fingerprint density at radius 2 is 0.900 bits per heavy atom. The molecule has 3 aliphatic heterocycles. The van der Waals surface area contributed by atoms with Crippen LogP contribution < -0.4 is 0 Å². The van der Waals surface area contributed by atoms with Gasteiger partial charge in [0.25, 0.3) is 0 Å². The second kappa shape index (κ2) is 13.3. The van der Waals surface area contributed by atoms with Gasteiger partial charge < -0.3 is 28.4 Å². The van der Waals surface area contributed by atoms with Crippen LogP contribution in [0.4, 0.5) is 0 Å². The average Bonchev–Trinajstić information content (AvgIpc) is 3.48. The smallest absolute Gasteiger partial charge is 0.158 e. The van der Waals surface area contributed by atoms with Crippen molar-refractivity contribution >= 4 is 0 Å². The van der Waals surface area contributed by atoms with Crippen LogP contribution in [0.15, 0.2) is 0 Å². The molecule has 0 saturated carbocycles. The van der Waals surface area contributed by atoms with E-state index in [1.54, 1.807) is 0 Å². The predicted octanol–water partition coefficient (Wildman–Crippen LogP) is 5.32. The Morgan fingerprint density at radius 3 is 1.30 bits per heavy atom. The van der Waals surface area contributed by atoms with Crippen LogP contribution in [0.25, 0.3) is 0 Å². The molecule has 3 rings (SSSR count). The Hall–Kier alpha value is -0.240. The van der Waals surface area contributed by atoms with Crippen LogP contribution in [0.3, 0.4) is 0 Å². The van der Waals surface area contributed by atoms with Gasteiger partial charge in [-0.1, -0.05) is 59.3 Å². The summed E-state index contributed by atoms with van der Waals surface area (Å²) in [5.74, 6) is 0. The first-order chi connectivity index (χ1) is 14.7. The average molecular weight is 429 g/mol. The predicted molar refractivity (Wildman–Crippen MR) is 115 cm³/mol. The van der Waals surface area contributed by atoms with E-state index in [-0.39, 0.29) is 43.3 Å². The number of ether oxygens (including phenoxy) is 6. The van der Waals surface area contributed by atoms with Gasteiger partial charge in [-0.3, -0.25) is 0 Å². The van der Waals surface area contributed by atoms with Gasteiger partial charge in [0.2, 0.25) is 0 Å². The minimum absolute atomic E-state index is 0.0967. The van der Waals surface area contributed by atoms with Crippen LogP contribution in [0.1, 0.15) is 97.8 Å². The highest BCUT2D eigenvalue weighted by atomic mass is 16.8. The normalized spacial score (nSPS) is 36.7. The van der Waals surface area contributed by atoms with Crippen molar-refractivity contribution in [3.05, 3.63) is 0 Å². The van der Waals surface area contributed by atoms with Crippen molar-refractivity contribution in [1.29, 1.82) is 0 Å². The zero-order chi connectivity index (χ0) is 21.2. The van der Waals surface area contributed by atoms with Gasteiger partial charge >= 0.3 is 0 Å². The Morgan fingerprint density at radius 1 is 0.500 bits per heavy atom. The summed E-state index contributed by atoms with van der Waals surface area (Å²) in [5, 5.41) is 0. The van der Waals surface area contributed by atoms with Crippen molar-refractivity contribution in [3.8, 4) is 0 Å². The van der Waals surface area contributed by atoms with E-state index in [1.165, 1.54) is 38.5 Å². The van der Waals surface area contributed by atoms with Crippen molar-refractivity contribution in [1.82, 2.24) is 0 Å². The van der Waals surface area contributed by atoms with E-state index >= 15 is 0 Å². The number of hydrogen-bond acceptors (Lipinski definition) is 6. The summed E-state index contributed by atoms with van der Waals surface area (Å²) in [6.45, 7) is 7.77. The molecule has 0 radical (unpaired) electrons. The zero-order valence-electron chi connectivity index (χ0n) is 19.4. The number of unbranched alkanes of at least 4 members (excludes halogenated alkanes) is 6. The lowest BCUT2D eigenvalue weighted by Gasteiger charge is -2.25. The molecule has 0 spiro atoms. The van der Waals surface area contributed by atoms with Crippen LogP contribution in [0.2, 0.25) is 0 Å². The lowest BCUT2D eigenvalue weighted by molar-refractivity contribution is -0.108. The van der Waals surface area contributed by atoms with Crippen molar-refractivity contribution in [2.24, 2.45) is 0 Å². The quantitative estimate of drug-likeness (QED) is 0.349. The molecule has 0 N–H and O–H groups in total. The standard InChI is InChI=1S/C24H44O6/c1-4-7-10-13-20-25-16-18(27-20)23-24(30-22(29-23)15-12-9-6-3)19-17-26-21(28-19)14-11-8-5-2/h18-24H,4-17H2,1-3H3/t18-,19+,20?,21?,22?,23-,24-/m1/s1. The highest BCUT2D eigenvalue weighted by Gasteiger charge is 2.50. The van der Waals surface area contributed by atoms with Gasteiger partial charge in [0.15, 0.2) is 18.9 Å². The molecule has 30 heavy (non-hydrogen) atoms. The monoisotopic (exact) mass is 428 g/mol. The van der Waals surface area contributed by atoms with E-state index in [4.69, 9.17) is 28.4 Å². The first-order valence-corrected chi connectivity index (χ1v) is 12.6. The van der Waals surface area contributed by atoms with Gasteiger partial charge in [-0.25, -0.2) is 0 Å². The molecule has 3 unspecified atom stereocenters. The van der Waals surface area contributed by atoms with Crippen LogP contribution in [-0.2, 0) is 28.4 Å². The fourth-order valence-electron chi connectivity index (χ4n) is 4.55. The number of rotatable bonds is 14. The van der Waals surface area contributed by atoms with Gasteiger partial charge in [0.05, 0.1) is 13.2 Å². The largest absolute Gasteiger partial charge is 0.350 e. The third kappa shape index (κ3) is 7.14. The second-order valence-electron chi connectivity index (χ2n) is 8.99. The fraction of sp³-hybridized carbons (Fsp3) is 1.00. The molecule has 3 fully saturated rings. The second-order valence-corrected chi connectivity index (χ2v) is 8.99. The summed E-state index contributed by atoms with van der Waals surface area (Å²) >= 11 is 0. The summed E-state index contributed by atoms with van der Waals surface area (Å²) in [6.07, 6.45) is 12.5. The zero-order valence-corrected chi connectivity index (χ0v) is 19.4. The van der Waals surface area contributed by atoms with Gasteiger partial charge in [-0.05, 0) is 38.5 Å². The molecule has 3 aliphatic rings. The van der Waals surface area contributed by atoms with E-state index in [1.807, 2.05) is 0 Å². The first kappa shape index (κ1) is 24.4. The van der Waals surface area contributed by atoms with Crippen molar-refractivity contribution < 1.29 is 28.4 Å². The molecule has 0 amide bonds. The Kier molecular flexibility index (Phi) is 10.9. The summed E-state index contributed by atoms with van der Waals surface area (Å²) in [4.78, 5) is 0. The summed E-state index contributed by atoms with van der Waals surface area (Å²) in [6, 6.07) is 0. The van der Waals surface area contributed by atoms with Gasteiger partial charge in [0.1, 0.15) is 24.4 Å². The van der Waals surface area contributed by atoms with E-state index in [9.17, 15) is 0 Å². The summed E-state index contributed by atoms with van der Waals surface area (Å²) in [7, 11) is 0. The molecular formula is C24H44O6. The van der Waals surface area contributed by atoms with Crippen molar-refractivity contribution in [2.45, 2.75) is 141 Å². The van der Waals surface area contributed by atoms with Crippen LogP contribution in [0, 0.1) is 0 Å². The maximum atomic E-state index is 6.36. The minimum Gasteiger partial charge on any atom is -0.350 e. The van der Waals surface area contributed by atoms with Crippen molar-refractivity contribution in [2.75, 3.05) is 13.2 Å². The summed E-state index contributed by atoms with van der Waals surface area (Å²) in [5.41, 5.74) is 0. The van der Waals surface area contributed by atoms with E-state index < -0.39 is 0 Å². The molecule has 7 atom stereocenters. The first-order valence-electron chi connectivity index (χ1n) is 12.6. The highest BCUT2D eigenvalue weighted by Crippen LogP contribution is 2.35. The molecular weight excluding hydrogens is 384 g/mol. The maximum absolute atomic E-state index is 6.36. The molecule has 3 saturated heterocycles. The minimum atomic E-state index is -0.183. The molecule has 0 aromatic rings. The third-order valence-corrected chi connectivity index (χ3v) is 6.35. The highest BCUT2D eigenvalue weighted by molar-refractivity contribution is 4.93. The topological polar surface area (TPSA) is 55.4 Å². The van der Waals surface area contributed by atoms with E-state index in [0.717, 1.165) is 38.5 Å². The van der Waals surface area contributed by atoms with E-state index in [0.29, 0.717) is 13.2 Å². The Labute approximate surface area is 183 Å². The maximum Gasteiger partial charge on any atom is 0.158 e. The molecule has 6 heteroatoms. The molecule has 0 aromatic carbocycles. The van der Waals surface area contributed by atoms with Crippen LogP contribution >= 0.6 is 0 Å². The summed E-state index contributed by atoms with van der Waals surface area (Å²) < 4.78 is 37.1. The van der Waals surface area contributed by atoms with Gasteiger partial charge in [-0.15, -0.1) is 0 Å². The van der Waals surface area contributed by atoms with Crippen LogP contribution in [0.5, 0.6) is 0 Å². The molecule has 0 aromatic heterocycles. The van der Waals surface area contributed by atoms with Crippen molar-refractivity contribution in [3.63, 3.8) is 0 Å². The van der Waals surface area contributed by atoms with Crippen LogP contribution in [-0.4, -0.2) is 56.5 Å². The van der Waals surface area contributed by atoms with Gasteiger partial charge in [-0.2, -0.15) is 0 Å². The molecule has 0 aliphatic carbocycles.